The molecule has 1 N–H and O–H groups in total. The quantitative estimate of drug-likeness (QED) is 0.704. The lowest BCUT2D eigenvalue weighted by atomic mass is 10.1. The molecule has 0 amide bonds. The summed E-state index contributed by atoms with van der Waals surface area (Å²) in [6, 6.07) is 9.76. The second-order valence-electron chi connectivity index (χ2n) is 4.78. The van der Waals surface area contributed by atoms with E-state index in [1.807, 2.05) is 11.8 Å². The van der Waals surface area contributed by atoms with Gasteiger partial charge in [0.25, 0.3) is 0 Å². The Morgan fingerprint density at radius 1 is 1.17 bits per heavy atom. The molecule has 2 atom stereocenters. The van der Waals surface area contributed by atoms with Crippen molar-refractivity contribution in [3.8, 4) is 0 Å². The number of thioether (sulfide) groups is 1. The lowest BCUT2D eigenvalue weighted by Crippen LogP contribution is -2.36. The molecule has 0 aliphatic heterocycles. The first-order valence-electron chi connectivity index (χ1n) is 6.70. The van der Waals surface area contributed by atoms with E-state index in [1.54, 1.807) is 0 Å². The molecule has 1 nitrogen and oxygen atoms in total. The summed E-state index contributed by atoms with van der Waals surface area (Å²) in [5.41, 5.74) is 1.40. The van der Waals surface area contributed by atoms with Gasteiger partial charge in [-0.25, -0.2) is 0 Å². The van der Waals surface area contributed by atoms with Gasteiger partial charge in [-0.05, 0) is 55.9 Å². The molecular weight excluding hydrogens is 306 g/mol. The van der Waals surface area contributed by atoms with Gasteiger partial charge in [-0.2, -0.15) is 11.8 Å². The summed E-state index contributed by atoms with van der Waals surface area (Å²) in [6.07, 6.45) is 2.35. The van der Waals surface area contributed by atoms with E-state index in [-0.39, 0.29) is 0 Å². The summed E-state index contributed by atoms with van der Waals surface area (Å²) >= 11 is 5.49. The van der Waals surface area contributed by atoms with Crippen molar-refractivity contribution in [3.05, 3.63) is 34.3 Å². The summed E-state index contributed by atoms with van der Waals surface area (Å²) in [6.45, 7) is 6.78. The highest BCUT2D eigenvalue weighted by Crippen LogP contribution is 2.12. The van der Waals surface area contributed by atoms with Crippen LogP contribution >= 0.6 is 27.7 Å². The van der Waals surface area contributed by atoms with Crippen molar-refractivity contribution < 1.29 is 0 Å². The fourth-order valence-electron chi connectivity index (χ4n) is 2.01. The zero-order valence-electron chi connectivity index (χ0n) is 11.6. The fourth-order valence-corrected chi connectivity index (χ4v) is 3.08. The van der Waals surface area contributed by atoms with Crippen LogP contribution in [0.15, 0.2) is 28.7 Å². The van der Waals surface area contributed by atoms with Crippen LogP contribution < -0.4 is 5.32 Å². The average molecular weight is 330 g/mol. The Morgan fingerprint density at radius 3 is 2.44 bits per heavy atom. The second kappa shape index (κ2) is 9.00. The Morgan fingerprint density at radius 2 is 1.83 bits per heavy atom. The van der Waals surface area contributed by atoms with Crippen molar-refractivity contribution in [2.75, 3.05) is 11.5 Å². The minimum absolute atomic E-state index is 0.535. The zero-order chi connectivity index (χ0) is 13.4. The van der Waals surface area contributed by atoms with E-state index in [0.29, 0.717) is 12.1 Å². The Bertz CT molecular complexity index is 326. The molecule has 0 heterocycles. The van der Waals surface area contributed by atoms with E-state index in [4.69, 9.17) is 0 Å². The summed E-state index contributed by atoms with van der Waals surface area (Å²) in [5.74, 6) is 2.48. The maximum absolute atomic E-state index is 3.68. The maximum Gasteiger partial charge on any atom is 0.0175 e. The smallest absolute Gasteiger partial charge is 0.0175 e. The van der Waals surface area contributed by atoms with Gasteiger partial charge in [0, 0.05) is 16.6 Å². The predicted octanol–water partition coefficient (Wildman–Crippen LogP) is 4.50. The Labute approximate surface area is 124 Å². The molecule has 0 aliphatic carbocycles. The molecule has 1 aromatic carbocycles. The maximum atomic E-state index is 3.68. The van der Waals surface area contributed by atoms with Gasteiger partial charge in [0.2, 0.25) is 0 Å². The van der Waals surface area contributed by atoms with Crippen LogP contribution in [0.1, 0.15) is 32.8 Å². The van der Waals surface area contributed by atoms with E-state index in [1.165, 1.54) is 23.5 Å². The second-order valence-corrected chi connectivity index (χ2v) is 7.09. The van der Waals surface area contributed by atoms with Gasteiger partial charge in [-0.1, -0.05) is 35.0 Å². The van der Waals surface area contributed by atoms with E-state index in [0.717, 1.165) is 10.9 Å². The topological polar surface area (TPSA) is 12.0 Å². The van der Waals surface area contributed by atoms with Crippen molar-refractivity contribution >= 4 is 27.7 Å². The fraction of sp³-hybridized carbons (Fsp3) is 0.600. The highest BCUT2D eigenvalue weighted by atomic mass is 79.9. The molecule has 0 fully saturated rings. The zero-order valence-corrected chi connectivity index (χ0v) is 14.0. The van der Waals surface area contributed by atoms with Crippen molar-refractivity contribution in [2.45, 2.75) is 45.7 Å². The molecule has 1 rings (SSSR count). The van der Waals surface area contributed by atoms with Crippen LogP contribution in [0.3, 0.4) is 0 Å². The SMILES string of the molecule is CCSCCC(C)NC(C)Cc1ccc(Br)cc1. The molecular formula is C15H24BrNS. The summed E-state index contributed by atoms with van der Waals surface area (Å²) in [4.78, 5) is 0. The molecule has 0 aromatic heterocycles. The van der Waals surface area contributed by atoms with E-state index in [2.05, 4.69) is 66.3 Å². The summed E-state index contributed by atoms with van der Waals surface area (Å²) < 4.78 is 1.15. The van der Waals surface area contributed by atoms with Gasteiger partial charge in [0.1, 0.15) is 0 Å². The van der Waals surface area contributed by atoms with Gasteiger partial charge in [0.15, 0.2) is 0 Å². The predicted molar refractivity (Wildman–Crippen MR) is 87.5 cm³/mol. The van der Waals surface area contributed by atoms with Gasteiger partial charge in [-0.15, -0.1) is 0 Å². The van der Waals surface area contributed by atoms with Gasteiger partial charge < -0.3 is 5.32 Å². The van der Waals surface area contributed by atoms with Crippen LogP contribution in [-0.4, -0.2) is 23.6 Å². The Hall–Kier alpha value is 0.01000. The van der Waals surface area contributed by atoms with Crippen molar-refractivity contribution in [1.29, 1.82) is 0 Å². The van der Waals surface area contributed by atoms with Crippen LogP contribution in [0.4, 0.5) is 0 Å². The number of nitrogens with one attached hydrogen (secondary N) is 1. The van der Waals surface area contributed by atoms with Gasteiger partial charge in [-0.3, -0.25) is 0 Å². The number of rotatable bonds is 8. The monoisotopic (exact) mass is 329 g/mol. The number of benzene rings is 1. The van der Waals surface area contributed by atoms with Crippen molar-refractivity contribution in [1.82, 2.24) is 5.32 Å². The number of hydrogen-bond acceptors (Lipinski definition) is 2. The number of hydrogen-bond donors (Lipinski definition) is 1. The van der Waals surface area contributed by atoms with Crippen LogP contribution in [-0.2, 0) is 6.42 Å². The Balaban J connectivity index is 2.27. The third kappa shape index (κ3) is 6.81. The largest absolute Gasteiger partial charge is 0.311 e. The minimum Gasteiger partial charge on any atom is -0.311 e. The number of halogens is 1. The molecule has 0 spiro atoms. The first-order chi connectivity index (χ1) is 8.61. The van der Waals surface area contributed by atoms with Crippen LogP contribution in [0.2, 0.25) is 0 Å². The van der Waals surface area contributed by atoms with Crippen LogP contribution in [0, 0.1) is 0 Å². The standard InChI is InChI=1S/C15H24BrNS/c1-4-18-10-9-12(2)17-13(3)11-14-5-7-15(16)8-6-14/h5-8,12-13,17H,4,9-11H2,1-3H3. The highest BCUT2D eigenvalue weighted by molar-refractivity contribution is 9.10. The van der Waals surface area contributed by atoms with E-state index in [9.17, 15) is 0 Å². The normalized spacial score (nSPS) is 14.4. The third-order valence-corrected chi connectivity index (χ3v) is 4.38. The third-order valence-electron chi connectivity index (χ3n) is 2.92. The molecule has 1 aromatic rings. The van der Waals surface area contributed by atoms with Crippen LogP contribution in [0.25, 0.3) is 0 Å². The summed E-state index contributed by atoms with van der Waals surface area (Å²) in [5, 5.41) is 3.68. The van der Waals surface area contributed by atoms with Gasteiger partial charge in [0.05, 0.1) is 0 Å². The molecule has 0 radical (unpaired) electrons. The molecule has 0 aliphatic rings. The first-order valence-corrected chi connectivity index (χ1v) is 8.64. The molecule has 2 unspecified atom stereocenters. The molecule has 102 valence electrons. The Kier molecular flexibility index (Phi) is 8.03. The van der Waals surface area contributed by atoms with Crippen LogP contribution in [0.5, 0.6) is 0 Å². The summed E-state index contributed by atoms with van der Waals surface area (Å²) in [7, 11) is 0. The molecule has 0 saturated carbocycles. The molecule has 0 saturated heterocycles. The van der Waals surface area contributed by atoms with E-state index >= 15 is 0 Å². The molecule has 0 bridgehead atoms. The lowest BCUT2D eigenvalue weighted by molar-refractivity contribution is 0.457. The van der Waals surface area contributed by atoms with E-state index < -0.39 is 0 Å². The van der Waals surface area contributed by atoms with Gasteiger partial charge >= 0.3 is 0 Å². The van der Waals surface area contributed by atoms with Crippen molar-refractivity contribution in [2.24, 2.45) is 0 Å². The molecule has 3 heteroatoms. The average Bonchev–Trinajstić information content (AvgIpc) is 2.32. The molecule has 18 heavy (non-hydrogen) atoms. The first kappa shape index (κ1) is 16.1. The highest BCUT2D eigenvalue weighted by Gasteiger charge is 2.07. The minimum atomic E-state index is 0.535. The lowest BCUT2D eigenvalue weighted by Gasteiger charge is -2.20. The van der Waals surface area contributed by atoms with Crippen molar-refractivity contribution in [3.63, 3.8) is 0 Å².